The second-order valence-corrected chi connectivity index (χ2v) is 6.22. The van der Waals surface area contributed by atoms with E-state index in [0.717, 1.165) is 19.6 Å². The van der Waals surface area contributed by atoms with E-state index in [1.807, 2.05) is 0 Å². The molecular formula is C17H19NO4. The summed E-state index contributed by atoms with van der Waals surface area (Å²) in [5, 5.41) is 8.97. The number of hydrogen-bond acceptors (Lipinski definition) is 4. The second kappa shape index (κ2) is 5.41. The molecule has 0 aliphatic carbocycles. The van der Waals surface area contributed by atoms with Crippen LogP contribution in [0.15, 0.2) is 36.4 Å². The fourth-order valence-corrected chi connectivity index (χ4v) is 3.81. The lowest BCUT2D eigenvalue weighted by Crippen LogP contribution is -2.29. The molecule has 3 aliphatic rings. The summed E-state index contributed by atoms with van der Waals surface area (Å²) in [7, 11) is 0. The summed E-state index contributed by atoms with van der Waals surface area (Å²) >= 11 is 0. The molecule has 0 spiro atoms. The van der Waals surface area contributed by atoms with E-state index in [2.05, 4.69) is 17.1 Å². The quantitative estimate of drug-likeness (QED) is 0.838. The van der Waals surface area contributed by atoms with Crippen LogP contribution in [0.5, 0.6) is 5.75 Å². The monoisotopic (exact) mass is 301 g/mol. The number of ether oxygens (including phenoxy) is 2. The molecule has 1 aromatic rings. The van der Waals surface area contributed by atoms with Crippen molar-refractivity contribution in [1.29, 1.82) is 0 Å². The summed E-state index contributed by atoms with van der Waals surface area (Å²) in [6.45, 7) is 3.57. The zero-order valence-electron chi connectivity index (χ0n) is 12.2. The van der Waals surface area contributed by atoms with Gasteiger partial charge in [0, 0.05) is 31.5 Å². The molecule has 3 aliphatic heterocycles. The van der Waals surface area contributed by atoms with Gasteiger partial charge in [0.15, 0.2) is 0 Å². The molecule has 5 heteroatoms. The van der Waals surface area contributed by atoms with Gasteiger partial charge in [-0.05, 0) is 18.2 Å². The Bertz CT molecular complexity index is 594. The smallest absolute Gasteiger partial charge is 0.335 e. The summed E-state index contributed by atoms with van der Waals surface area (Å²) < 4.78 is 11.6. The third kappa shape index (κ3) is 2.40. The van der Waals surface area contributed by atoms with Crippen molar-refractivity contribution in [2.45, 2.75) is 12.2 Å². The topological polar surface area (TPSA) is 59.0 Å². The van der Waals surface area contributed by atoms with Gasteiger partial charge in [-0.2, -0.15) is 0 Å². The van der Waals surface area contributed by atoms with E-state index in [4.69, 9.17) is 14.6 Å². The highest BCUT2D eigenvalue weighted by Gasteiger charge is 2.50. The minimum absolute atomic E-state index is 0.257. The molecule has 4 unspecified atom stereocenters. The zero-order chi connectivity index (χ0) is 15.1. The molecule has 4 atom stereocenters. The van der Waals surface area contributed by atoms with Gasteiger partial charge in [-0.25, -0.2) is 4.79 Å². The molecular weight excluding hydrogens is 282 g/mol. The SMILES string of the molecule is O=C(O)c1cccc(OCCN2CC3C4C=CC(O4)C3C2)c1. The molecule has 1 aromatic carbocycles. The van der Waals surface area contributed by atoms with E-state index >= 15 is 0 Å². The van der Waals surface area contributed by atoms with Gasteiger partial charge in [-0.1, -0.05) is 18.2 Å². The number of carboxylic acids is 1. The van der Waals surface area contributed by atoms with Crippen molar-refractivity contribution in [3.63, 3.8) is 0 Å². The Morgan fingerprint density at radius 1 is 1.27 bits per heavy atom. The Morgan fingerprint density at radius 3 is 2.68 bits per heavy atom. The van der Waals surface area contributed by atoms with Crippen LogP contribution in [0.2, 0.25) is 0 Å². The van der Waals surface area contributed by atoms with Crippen molar-refractivity contribution in [3.8, 4) is 5.75 Å². The third-order valence-corrected chi connectivity index (χ3v) is 4.89. The van der Waals surface area contributed by atoms with E-state index in [9.17, 15) is 4.79 Å². The molecule has 2 bridgehead atoms. The highest BCUT2D eigenvalue weighted by molar-refractivity contribution is 5.87. The number of nitrogens with zero attached hydrogens (tertiary/aromatic N) is 1. The molecule has 22 heavy (non-hydrogen) atoms. The Balaban J connectivity index is 1.28. The Kier molecular flexibility index (Phi) is 3.39. The highest BCUT2D eigenvalue weighted by Crippen LogP contribution is 2.43. The molecule has 116 valence electrons. The number of rotatable bonds is 5. The third-order valence-electron chi connectivity index (χ3n) is 4.89. The van der Waals surface area contributed by atoms with Crippen molar-refractivity contribution in [2.24, 2.45) is 11.8 Å². The predicted molar refractivity (Wildman–Crippen MR) is 80.1 cm³/mol. The molecule has 2 saturated heterocycles. The van der Waals surface area contributed by atoms with Crippen LogP contribution < -0.4 is 4.74 Å². The van der Waals surface area contributed by atoms with Crippen LogP contribution in [-0.4, -0.2) is 54.4 Å². The Morgan fingerprint density at radius 2 is 2.00 bits per heavy atom. The average molecular weight is 301 g/mol. The maximum absolute atomic E-state index is 10.9. The van der Waals surface area contributed by atoms with E-state index in [-0.39, 0.29) is 5.56 Å². The van der Waals surface area contributed by atoms with Gasteiger partial charge in [-0.15, -0.1) is 0 Å². The molecule has 1 N–H and O–H groups in total. The number of likely N-dealkylation sites (tertiary alicyclic amines) is 1. The maximum Gasteiger partial charge on any atom is 0.335 e. The van der Waals surface area contributed by atoms with Crippen LogP contribution in [0, 0.1) is 11.8 Å². The lowest BCUT2D eigenvalue weighted by atomic mass is 9.86. The molecule has 2 fully saturated rings. The summed E-state index contributed by atoms with van der Waals surface area (Å²) in [6, 6.07) is 6.64. The number of carboxylic acid groups (broad SMARTS) is 1. The summed E-state index contributed by atoms with van der Waals surface area (Å²) in [4.78, 5) is 13.4. The van der Waals surface area contributed by atoms with Crippen molar-refractivity contribution in [3.05, 3.63) is 42.0 Å². The molecule has 4 rings (SSSR count). The van der Waals surface area contributed by atoms with Crippen molar-refractivity contribution < 1.29 is 19.4 Å². The number of aromatic carboxylic acids is 1. The number of fused-ring (bicyclic) bond motifs is 5. The fraction of sp³-hybridized carbons (Fsp3) is 0.471. The predicted octanol–water partition coefficient (Wildman–Crippen LogP) is 1.65. The number of hydrogen-bond donors (Lipinski definition) is 1. The van der Waals surface area contributed by atoms with Gasteiger partial charge < -0.3 is 14.6 Å². The first-order valence-electron chi connectivity index (χ1n) is 7.73. The number of benzene rings is 1. The van der Waals surface area contributed by atoms with E-state index < -0.39 is 5.97 Å². The van der Waals surface area contributed by atoms with Gasteiger partial charge in [0.2, 0.25) is 0 Å². The lowest BCUT2D eigenvalue weighted by molar-refractivity contribution is 0.0696. The summed E-state index contributed by atoms with van der Waals surface area (Å²) in [5.41, 5.74) is 0.257. The first-order valence-corrected chi connectivity index (χ1v) is 7.73. The van der Waals surface area contributed by atoms with Crippen LogP contribution in [-0.2, 0) is 4.74 Å². The van der Waals surface area contributed by atoms with Gasteiger partial charge in [-0.3, -0.25) is 4.90 Å². The molecule has 0 amide bonds. The Labute approximate surface area is 129 Å². The van der Waals surface area contributed by atoms with E-state index in [0.29, 0.717) is 36.4 Å². The van der Waals surface area contributed by atoms with Crippen molar-refractivity contribution in [1.82, 2.24) is 4.90 Å². The van der Waals surface area contributed by atoms with Crippen molar-refractivity contribution in [2.75, 3.05) is 26.2 Å². The first-order chi connectivity index (χ1) is 10.7. The molecule has 0 saturated carbocycles. The summed E-state index contributed by atoms with van der Waals surface area (Å²) in [6.07, 6.45) is 5.02. The number of carbonyl (C=O) groups is 1. The second-order valence-electron chi connectivity index (χ2n) is 6.22. The molecule has 3 heterocycles. The van der Waals surface area contributed by atoms with Gasteiger partial charge in [0.05, 0.1) is 17.8 Å². The van der Waals surface area contributed by atoms with E-state index in [1.54, 1.807) is 24.3 Å². The molecule has 0 radical (unpaired) electrons. The largest absolute Gasteiger partial charge is 0.492 e. The standard InChI is InChI=1S/C17H19NO4/c19-17(20)11-2-1-3-12(8-11)21-7-6-18-9-13-14(10-18)16-5-4-15(13)22-16/h1-5,8,13-16H,6-7,9-10H2,(H,19,20). The van der Waals surface area contributed by atoms with Crippen LogP contribution in [0.3, 0.4) is 0 Å². The van der Waals surface area contributed by atoms with E-state index in [1.165, 1.54) is 0 Å². The van der Waals surface area contributed by atoms with Crippen LogP contribution in [0.1, 0.15) is 10.4 Å². The lowest BCUT2D eigenvalue weighted by Gasteiger charge is -2.18. The first kappa shape index (κ1) is 13.8. The zero-order valence-corrected chi connectivity index (χ0v) is 12.2. The highest BCUT2D eigenvalue weighted by atomic mass is 16.5. The normalized spacial score (nSPS) is 32.4. The average Bonchev–Trinajstić information content (AvgIpc) is 3.20. The van der Waals surface area contributed by atoms with Gasteiger partial charge in [0.1, 0.15) is 12.4 Å². The van der Waals surface area contributed by atoms with Crippen molar-refractivity contribution >= 4 is 5.97 Å². The minimum Gasteiger partial charge on any atom is -0.492 e. The van der Waals surface area contributed by atoms with Crippen LogP contribution >= 0.6 is 0 Å². The Hall–Kier alpha value is -1.85. The minimum atomic E-state index is -0.930. The fourth-order valence-electron chi connectivity index (χ4n) is 3.81. The summed E-state index contributed by atoms with van der Waals surface area (Å²) in [5.74, 6) is 0.945. The molecule has 0 aromatic heterocycles. The van der Waals surface area contributed by atoms with Gasteiger partial charge in [0.25, 0.3) is 0 Å². The van der Waals surface area contributed by atoms with Gasteiger partial charge >= 0.3 is 5.97 Å². The van der Waals surface area contributed by atoms with Crippen LogP contribution in [0.4, 0.5) is 0 Å². The molecule has 5 nitrogen and oxygen atoms in total. The maximum atomic E-state index is 10.9. The van der Waals surface area contributed by atoms with Crippen LogP contribution in [0.25, 0.3) is 0 Å².